The zero-order chi connectivity index (χ0) is 13.0. The molecule has 1 heterocycles. The van der Waals surface area contributed by atoms with Crippen LogP contribution in [-0.4, -0.2) is 40.1 Å². The number of hydrogen-bond donors (Lipinski definition) is 3. The molecule has 17 heavy (non-hydrogen) atoms. The normalized spacial score (nSPS) is 14.2. The average Bonchev–Trinajstić information content (AvgIpc) is 2.35. The summed E-state index contributed by atoms with van der Waals surface area (Å²) in [5.74, 6) is -0.392. The Balaban J connectivity index is 3.00. The third-order valence-electron chi connectivity index (χ3n) is 2.37. The van der Waals surface area contributed by atoms with Crippen molar-refractivity contribution >= 4 is 18.6 Å². The highest BCUT2D eigenvalue weighted by molar-refractivity contribution is 7.80. The predicted octanol–water partition coefficient (Wildman–Crippen LogP) is 0.501. The van der Waals surface area contributed by atoms with Crippen LogP contribution in [-0.2, 0) is 4.74 Å². The molecular formula is C11H15NO4S. The van der Waals surface area contributed by atoms with Crippen LogP contribution < -0.4 is 0 Å². The van der Waals surface area contributed by atoms with Crippen molar-refractivity contribution in [2.75, 3.05) is 12.9 Å². The molecule has 0 aliphatic rings. The minimum absolute atomic E-state index is 0.138. The van der Waals surface area contributed by atoms with E-state index in [2.05, 4.69) is 22.3 Å². The monoisotopic (exact) mass is 257 g/mol. The average molecular weight is 257 g/mol. The summed E-state index contributed by atoms with van der Waals surface area (Å²) in [6, 6.07) is 1.59. The second-order valence-electron chi connectivity index (χ2n) is 3.62. The van der Waals surface area contributed by atoms with E-state index in [-0.39, 0.29) is 11.4 Å². The quantitative estimate of drug-likeness (QED) is 0.541. The highest BCUT2D eigenvalue weighted by atomic mass is 32.1. The van der Waals surface area contributed by atoms with Gasteiger partial charge in [0, 0.05) is 17.5 Å². The van der Waals surface area contributed by atoms with E-state index in [0.717, 1.165) is 0 Å². The lowest BCUT2D eigenvalue weighted by atomic mass is 10.0. The number of methoxy groups -OCH3 is 1. The fourth-order valence-corrected chi connectivity index (χ4v) is 1.59. The van der Waals surface area contributed by atoms with E-state index >= 15 is 0 Å². The fourth-order valence-electron chi connectivity index (χ4n) is 1.39. The first-order chi connectivity index (χ1) is 8.01. The van der Waals surface area contributed by atoms with E-state index in [1.54, 1.807) is 13.0 Å². The molecule has 0 saturated carbocycles. The van der Waals surface area contributed by atoms with Gasteiger partial charge in [0.05, 0.1) is 13.2 Å². The summed E-state index contributed by atoms with van der Waals surface area (Å²) in [7, 11) is 1.27. The molecule has 94 valence electrons. The zero-order valence-electron chi connectivity index (χ0n) is 9.62. The van der Waals surface area contributed by atoms with Crippen LogP contribution in [0.2, 0.25) is 0 Å². The smallest absolute Gasteiger partial charge is 0.356 e. The molecule has 1 aromatic heterocycles. The number of pyridine rings is 1. The minimum atomic E-state index is -1.06. The van der Waals surface area contributed by atoms with E-state index < -0.39 is 18.2 Å². The molecule has 0 radical (unpaired) electrons. The van der Waals surface area contributed by atoms with Gasteiger partial charge in [-0.15, -0.1) is 0 Å². The lowest BCUT2D eigenvalue weighted by Gasteiger charge is -2.16. The molecule has 0 aliphatic heterocycles. The standard InChI is InChI=1S/C11H15NO4S/c1-6-3-7(10(14)8(13)5-17)4-12-9(6)11(15)16-2/h3-4,8,10,13-14,17H,5H2,1-2H3. The molecule has 0 saturated heterocycles. The van der Waals surface area contributed by atoms with E-state index in [4.69, 9.17) is 0 Å². The summed E-state index contributed by atoms with van der Waals surface area (Å²) in [6.45, 7) is 1.68. The van der Waals surface area contributed by atoms with Gasteiger partial charge in [-0.25, -0.2) is 9.78 Å². The molecule has 2 unspecified atom stereocenters. The number of ether oxygens (including phenoxy) is 1. The lowest BCUT2D eigenvalue weighted by molar-refractivity contribution is 0.0334. The van der Waals surface area contributed by atoms with Gasteiger partial charge >= 0.3 is 5.97 Å². The highest BCUT2D eigenvalue weighted by Crippen LogP contribution is 2.19. The van der Waals surface area contributed by atoms with Crippen molar-refractivity contribution < 1.29 is 19.7 Å². The third-order valence-corrected chi connectivity index (χ3v) is 2.75. The van der Waals surface area contributed by atoms with Crippen LogP contribution in [0.1, 0.15) is 27.7 Å². The molecule has 5 nitrogen and oxygen atoms in total. The molecule has 0 fully saturated rings. The third kappa shape index (κ3) is 3.18. The van der Waals surface area contributed by atoms with Gasteiger partial charge in [-0.3, -0.25) is 0 Å². The molecule has 2 atom stereocenters. The van der Waals surface area contributed by atoms with Crippen LogP contribution in [0.5, 0.6) is 0 Å². The minimum Gasteiger partial charge on any atom is -0.464 e. The molecule has 0 aromatic carbocycles. The molecule has 0 amide bonds. The van der Waals surface area contributed by atoms with E-state index in [9.17, 15) is 15.0 Å². The molecule has 6 heteroatoms. The Bertz CT molecular complexity index is 410. The Labute approximate surface area is 105 Å². The second kappa shape index (κ2) is 6.00. The number of carbonyl (C=O) groups excluding carboxylic acids is 1. The van der Waals surface area contributed by atoms with E-state index in [1.165, 1.54) is 13.3 Å². The van der Waals surface area contributed by atoms with Gasteiger partial charge in [0.2, 0.25) is 0 Å². The summed E-state index contributed by atoms with van der Waals surface area (Å²) < 4.78 is 4.56. The van der Waals surface area contributed by atoms with Gasteiger partial charge in [-0.2, -0.15) is 12.6 Å². The highest BCUT2D eigenvalue weighted by Gasteiger charge is 2.19. The van der Waals surface area contributed by atoms with Gasteiger partial charge in [0.25, 0.3) is 0 Å². The van der Waals surface area contributed by atoms with Crippen molar-refractivity contribution in [1.29, 1.82) is 0 Å². The van der Waals surface area contributed by atoms with Crippen molar-refractivity contribution in [3.63, 3.8) is 0 Å². The van der Waals surface area contributed by atoms with Crippen molar-refractivity contribution in [3.8, 4) is 0 Å². The number of aromatic nitrogens is 1. The molecule has 0 spiro atoms. The number of aryl methyl sites for hydroxylation is 1. The molecule has 1 aromatic rings. The first-order valence-electron chi connectivity index (χ1n) is 5.03. The number of carbonyl (C=O) groups is 1. The van der Waals surface area contributed by atoms with E-state index in [0.29, 0.717) is 11.1 Å². The largest absolute Gasteiger partial charge is 0.464 e. The number of hydrogen-bond acceptors (Lipinski definition) is 6. The van der Waals surface area contributed by atoms with Crippen molar-refractivity contribution in [2.45, 2.75) is 19.1 Å². The predicted molar refractivity (Wildman–Crippen MR) is 65.1 cm³/mol. The number of thiol groups is 1. The molecule has 0 bridgehead atoms. The SMILES string of the molecule is COC(=O)c1ncc(C(O)C(O)CS)cc1C. The van der Waals surface area contributed by atoms with Crippen molar-refractivity contribution in [1.82, 2.24) is 4.98 Å². The maximum atomic E-state index is 11.3. The summed E-state index contributed by atoms with van der Waals surface area (Å²) in [5.41, 5.74) is 1.22. The second-order valence-corrected chi connectivity index (χ2v) is 3.99. The van der Waals surface area contributed by atoms with Gasteiger partial charge in [0.15, 0.2) is 5.69 Å². The zero-order valence-corrected chi connectivity index (χ0v) is 10.5. The van der Waals surface area contributed by atoms with Gasteiger partial charge < -0.3 is 14.9 Å². The Morgan fingerprint density at radius 1 is 1.59 bits per heavy atom. The molecule has 0 aliphatic carbocycles. The lowest BCUT2D eigenvalue weighted by Crippen LogP contribution is -2.20. The van der Waals surface area contributed by atoms with Crippen LogP contribution in [0.3, 0.4) is 0 Å². The van der Waals surface area contributed by atoms with Gasteiger partial charge in [-0.1, -0.05) is 0 Å². The Morgan fingerprint density at radius 3 is 2.71 bits per heavy atom. The van der Waals surface area contributed by atoms with E-state index in [1.807, 2.05) is 0 Å². The van der Waals surface area contributed by atoms with Crippen LogP contribution in [0.4, 0.5) is 0 Å². The maximum absolute atomic E-state index is 11.3. The van der Waals surface area contributed by atoms with Crippen LogP contribution in [0.15, 0.2) is 12.3 Å². The first kappa shape index (κ1) is 14.0. The van der Waals surface area contributed by atoms with Crippen LogP contribution in [0.25, 0.3) is 0 Å². The molecule has 2 N–H and O–H groups in total. The summed E-state index contributed by atoms with van der Waals surface area (Å²) in [5, 5.41) is 19.2. The van der Waals surface area contributed by atoms with Crippen molar-refractivity contribution in [3.05, 3.63) is 29.1 Å². The van der Waals surface area contributed by atoms with Crippen molar-refractivity contribution in [2.24, 2.45) is 0 Å². The number of nitrogens with zero attached hydrogens (tertiary/aromatic N) is 1. The molecule has 1 rings (SSSR count). The Kier molecular flexibility index (Phi) is 4.92. The van der Waals surface area contributed by atoms with Crippen LogP contribution in [0, 0.1) is 6.92 Å². The number of rotatable bonds is 4. The number of aliphatic hydroxyl groups excluding tert-OH is 2. The first-order valence-corrected chi connectivity index (χ1v) is 5.66. The fraction of sp³-hybridized carbons (Fsp3) is 0.455. The summed E-state index contributed by atoms with van der Waals surface area (Å²) in [6.07, 6.45) is -0.690. The Morgan fingerprint density at radius 2 is 2.24 bits per heavy atom. The van der Waals surface area contributed by atoms with Gasteiger partial charge in [0.1, 0.15) is 6.10 Å². The molecular weight excluding hydrogens is 242 g/mol. The number of esters is 1. The summed E-state index contributed by atoms with van der Waals surface area (Å²) >= 11 is 3.89. The number of aliphatic hydroxyl groups is 2. The maximum Gasteiger partial charge on any atom is 0.356 e. The van der Waals surface area contributed by atoms with Crippen LogP contribution >= 0.6 is 12.6 Å². The van der Waals surface area contributed by atoms with Gasteiger partial charge in [-0.05, 0) is 18.6 Å². The summed E-state index contributed by atoms with van der Waals surface area (Å²) in [4.78, 5) is 15.2. The Hall–Kier alpha value is -1.11. The topological polar surface area (TPSA) is 79.7 Å².